The monoisotopic (exact) mass is 573 g/mol. The second kappa shape index (κ2) is 13.6. The van der Waals surface area contributed by atoms with Crippen molar-refractivity contribution in [1.82, 2.24) is 25.1 Å². The number of ether oxygens (including phenoxy) is 1. The van der Waals surface area contributed by atoms with Gasteiger partial charge in [-0.3, -0.25) is 14.6 Å². The number of carbonyl (C=O) groups excluding carboxylic acids is 2. The van der Waals surface area contributed by atoms with Crippen LogP contribution in [0.1, 0.15) is 53.8 Å². The van der Waals surface area contributed by atoms with E-state index >= 15 is 0 Å². The SMILES string of the molecule is CC[C@H]1CN(c2nc(N)c(C(=O)NCCO)nc2Cl)CCN1C1CCN([C@H](C(=O)OC)c2ccc(C)cc2)CC1. The van der Waals surface area contributed by atoms with Crippen molar-refractivity contribution in [2.24, 2.45) is 0 Å². The van der Waals surface area contributed by atoms with Gasteiger partial charge in [-0.2, -0.15) is 0 Å². The number of amides is 1. The maximum atomic E-state index is 12.8. The molecule has 11 nitrogen and oxygen atoms in total. The molecule has 2 aliphatic heterocycles. The number of nitrogen functional groups attached to an aromatic ring is 1. The third kappa shape index (κ3) is 6.65. The lowest BCUT2D eigenvalue weighted by molar-refractivity contribution is -0.148. The second-order valence-corrected chi connectivity index (χ2v) is 10.8. The fourth-order valence-corrected chi connectivity index (χ4v) is 6.02. The van der Waals surface area contributed by atoms with Crippen molar-refractivity contribution in [3.63, 3.8) is 0 Å². The van der Waals surface area contributed by atoms with Gasteiger partial charge in [0.25, 0.3) is 5.91 Å². The molecule has 2 saturated heterocycles. The summed E-state index contributed by atoms with van der Waals surface area (Å²) in [4.78, 5) is 40.6. The van der Waals surface area contributed by atoms with Crippen LogP contribution in [0.2, 0.25) is 5.15 Å². The molecule has 2 atom stereocenters. The fourth-order valence-electron chi connectivity index (χ4n) is 5.78. The Morgan fingerprint density at radius 3 is 2.50 bits per heavy atom. The van der Waals surface area contributed by atoms with E-state index in [1.165, 1.54) is 7.11 Å². The first kappa shape index (κ1) is 30.0. The Labute approximate surface area is 240 Å². The van der Waals surface area contributed by atoms with E-state index in [2.05, 4.69) is 36.9 Å². The Bertz CT molecular complexity index is 1170. The number of hydrogen-bond donors (Lipinski definition) is 3. The molecule has 1 aromatic heterocycles. The van der Waals surface area contributed by atoms with Gasteiger partial charge < -0.3 is 25.8 Å². The first-order chi connectivity index (χ1) is 19.3. The molecular weight excluding hydrogens is 534 g/mol. The summed E-state index contributed by atoms with van der Waals surface area (Å²) in [5.74, 6) is -0.264. The van der Waals surface area contributed by atoms with E-state index in [0.717, 1.165) is 56.6 Å². The van der Waals surface area contributed by atoms with E-state index in [9.17, 15) is 9.59 Å². The number of piperazine rings is 1. The molecule has 4 rings (SSSR count). The van der Waals surface area contributed by atoms with E-state index in [-0.39, 0.29) is 41.8 Å². The Morgan fingerprint density at radius 1 is 1.18 bits per heavy atom. The molecule has 2 aromatic rings. The summed E-state index contributed by atoms with van der Waals surface area (Å²) in [6.45, 7) is 7.99. The molecule has 0 bridgehead atoms. The van der Waals surface area contributed by atoms with Crippen molar-refractivity contribution in [3.05, 3.63) is 46.2 Å². The maximum Gasteiger partial charge on any atom is 0.327 e. The minimum absolute atomic E-state index is 0.00595. The van der Waals surface area contributed by atoms with Crippen molar-refractivity contribution in [2.45, 2.75) is 51.2 Å². The lowest BCUT2D eigenvalue weighted by Gasteiger charge is -2.48. The number of aryl methyl sites for hydroxylation is 1. The van der Waals surface area contributed by atoms with Crippen LogP contribution in [0.4, 0.5) is 11.6 Å². The maximum absolute atomic E-state index is 12.8. The van der Waals surface area contributed by atoms with E-state index in [1.807, 2.05) is 31.2 Å². The summed E-state index contributed by atoms with van der Waals surface area (Å²) in [7, 11) is 1.45. The molecule has 0 saturated carbocycles. The summed E-state index contributed by atoms with van der Waals surface area (Å²) in [5.41, 5.74) is 8.14. The van der Waals surface area contributed by atoms with Crippen LogP contribution >= 0.6 is 11.6 Å². The number of hydrogen-bond acceptors (Lipinski definition) is 10. The Kier molecular flexibility index (Phi) is 10.2. The average Bonchev–Trinajstić information content (AvgIpc) is 2.97. The van der Waals surface area contributed by atoms with Crippen LogP contribution in [0.15, 0.2) is 24.3 Å². The highest BCUT2D eigenvalue weighted by atomic mass is 35.5. The number of nitrogens with two attached hydrogens (primary N) is 1. The van der Waals surface area contributed by atoms with Crippen LogP contribution in [0, 0.1) is 6.92 Å². The topological polar surface area (TPSA) is 137 Å². The molecular formula is C28H40ClN7O4. The standard InChI is InChI=1S/C28H40ClN7O4/c1-4-20-17-35(26-24(29)32-22(25(30)33-26)27(38)31-11-16-37)14-15-36(20)21-9-12-34(13-10-21)23(28(39)40-3)19-7-5-18(2)6-8-19/h5-8,20-21,23,37H,4,9-17H2,1-3H3,(H2,30,33)(H,31,38)/t20-,23-/m0/s1. The molecule has 0 radical (unpaired) electrons. The Morgan fingerprint density at radius 2 is 1.88 bits per heavy atom. The number of esters is 1. The smallest absolute Gasteiger partial charge is 0.327 e. The molecule has 2 aliphatic rings. The Hall–Kier alpha value is -2.99. The predicted molar refractivity (Wildman–Crippen MR) is 154 cm³/mol. The van der Waals surface area contributed by atoms with Gasteiger partial charge in [-0.25, -0.2) is 14.8 Å². The lowest BCUT2D eigenvalue weighted by atomic mass is 9.95. The average molecular weight is 574 g/mol. The van der Waals surface area contributed by atoms with Gasteiger partial charge >= 0.3 is 5.97 Å². The number of carbonyl (C=O) groups is 2. The van der Waals surface area contributed by atoms with Crippen molar-refractivity contribution < 1.29 is 19.4 Å². The summed E-state index contributed by atoms with van der Waals surface area (Å²) < 4.78 is 5.18. The number of halogens is 1. The van der Waals surface area contributed by atoms with Crippen molar-refractivity contribution in [2.75, 3.05) is 63.6 Å². The number of aliphatic hydroxyl groups is 1. The molecule has 1 amide bonds. The van der Waals surface area contributed by atoms with E-state index in [1.54, 1.807) is 0 Å². The molecule has 12 heteroatoms. The van der Waals surface area contributed by atoms with Gasteiger partial charge in [-0.05, 0) is 31.7 Å². The largest absolute Gasteiger partial charge is 0.468 e. The minimum atomic E-state index is -0.521. The molecule has 1 aromatic carbocycles. The molecule has 3 heterocycles. The molecule has 218 valence electrons. The van der Waals surface area contributed by atoms with Crippen LogP contribution < -0.4 is 16.0 Å². The first-order valence-electron chi connectivity index (χ1n) is 13.9. The van der Waals surface area contributed by atoms with Crippen molar-refractivity contribution in [1.29, 1.82) is 0 Å². The fraction of sp³-hybridized carbons (Fsp3) is 0.571. The number of nitrogens with zero attached hydrogens (tertiary/aromatic N) is 5. The van der Waals surface area contributed by atoms with Crippen LogP contribution in [0.5, 0.6) is 0 Å². The second-order valence-electron chi connectivity index (χ2n) is 10.4. The Balaban J connectivity index is 1.41. The molecule has 2 fully saturated rings. The van der Waals surface area contributed by atoms with Crippen LogP contribution in [0.25, 0.3) is 0 Å². The zero-order valence-electron chi connectivity index (χ0n) is 23.5. The first-order valence-corrected chi connectivity index (χ1v) is 14.3. The van der Waals surface area contributed by atoms with Crippen molar-refractivity contribution >= 4 is 35.1 Å². The third-order valence-corrected chi connectivity index (χ3v) is 8.18. The lowest BCUT2D eigenvalue weighted by Crippen LogP contribution is -2.59. The summed E-state index contributed by atoms with van der Waals surface area (Å²) in [5, 5.41) is 11.6. The molecule has 40 heavy (non-hydrogen) atoms. The van der Waals surface area contributed by atoms with Gasteiger partial charge in [0.1, 0.15) is 6.04 Å². The summed E-state index contributed by atoms with van der Waals surface area (Å²) in [6.07, 6.45) is 2.87. The normalized spacial score (nSPS) is 19.8. The quantitative estimate of drug-likeness (QED) is 0.382. The highest BCUT2D eigenvalue weighted by molar-refractivity contribution is 6.32. The van der Waals surface area contributed by atoms with Gasteiger partial charge in [0.05, 0.1) is 13.7 Å². The van der Waals surface area contributed by atoms with Crippen LogP contribution in [0.3, 0.4) is 0 Å². The number of likely N-dealkylation sites (tertiary alicyclic amines) is 1. The van der Waals surface area contributed by atoms with Gasteiger partial charge in [-0.1, -0.05) is 48.4 Å². The van der Waals surface area contributed by atoms with Crippen LogP contribution in [-0.4, -0.2) is 102 Å². The number of piperidine rings is 1. The van der Waals surface area contributed by atoms with E-state index in [4.69, 9.17) is 27.2 Å². The molecule has 0 spiro atoms. The van der Waals surface area contributed by atoms with E-state index in [0.29, 0.717) is 18.4 Å². The van der Waals surface area contributed by atoms with Gasteiger partial charge in [0.15, 0.2) is 22.5 Å². The van der Waals surface area contributed by atoms with Gasteiger partial charge in [-0.15, -0.1) is 0 Å². The summed E-state index contributed by atoms with van der Waals surface area (Å²) >= 11 is 6.47. The van der Waals surface area contributed by atoms with E-state index < -0.39 is 11.9 Å². The van der Waals surface area contributed by atoms with Crippen molar-refractivity contribution in [3.8, 4) is 0 Å². The number of aliphatic hydroxyl groups excluding tert-OH is 1. The van der Waals surface area contributed by atoms with Crippen LogP contribution in [-0.2, 0) is 9.53 Å². The number of nitrogens with one attached hydrogen (secondary N) is 1. The molecule has 0 unspecified atom stereocenters. The highest BCUT2D eigenvalue weighted by Gasteiger charge is 2.37. The van der Waals surface area contributed by atoms with Gasteiger partial charge in [0.2, 0.25) is 0 Å². The number of anilines is 2. The zero-order chi connectivity index (χ0) is 28.8. The number of rotatable bonds is 9. The molecule has 0 aliphatic carbocycles. The number of aromatic nitrogens is 2. The van der Waals surface area contributed by atoms with Gasteiger partial charge in [0, 0.05) is 51.4 Å². The number of benzene rings is 1. The third-order valence-electron chi connectivity index (χ3n) is 7.93. The minimum Gasteiger partial charge on any atom is -0.468 e. The predicted octanol–water partition coefficient (Wildman–Crippen LogP) is 2.02. The zero-order valence-corrected chi connectivity index (χ0v) is 24.2. The molecule has 4 N–H and O–H groups in total. The summed E-state index contributed by atoms with van der Waals surface area (Å²) in [6, 6.07) is 8.40. The number of methoxy groups -OCH3 is 1. The highest BCUT2D eigenvalue weighted by Crippen LogP contribution is 2.32.